The summed E-state index contributed by atoms with van der Waals surface area (Å²) in [6.45, 7) is 4.18. The number of hydrogen-bond donors (Lipinski definition) is 1. The van der Waals surface area contributed by atoms with Crippen molar-refractivity contribution in [3.63, 3.8) is 0 Å². The van der Waals surface area contributed by atoms with Gasteiger partial charge in [-0.05, 0) is 37.1 Å². The van der Waals surface area contributed by atoms with Gasteiger partial charge in [0.15, 0.2) is 0 Å². The lowest BCUT2D eigenvalue weighted by atomic mass is 10.2. The number of carbonyl (C=O) groups excluding carboxylic acids is 1. The Kier molecular flexibility index (Phi) is 6.09. The molecule has 1 amide bonds. The predicted molar refractivity (Wildman–Crippen MR) is 112 cm³/mol. The Balaban J connectivity index is 1.99. The van der Waals surface area contributed by atoms with E-state index in [9.17, 15) is 14.4 Å². The zero-order valence-electron chi connectivity index (χ0n) is 16.3. The maximum atomic E-state index is 13.0. The Morgan fingerprint density at radius 2 is 1.68 bits per heavy atom. The SMILES string of the molecule is CCCCCn1c(=O)c2ccccc2n(CC(=O)Nc2ccccc2C)c1=O. The number of nitrogens with zero attached hydrogens (tertiary/aromatic N) is 2. The Morgan fingerprint density at radius 3 is 2.43 bits per heavy atom. The van der Waals surface area contributed by atoms with Crippen molar-refractivity contribution < 1.29 is 4.79 Å². The molecule has 1 aromatic heterocycles. The molecule has 1 heterocycles. The number of benzene rings is 2. The summed E-state index contributed by atoms with van der Waals surface area (Å²) in [4.78, 5) is 38.4. The van der Waals surface area contributed by atoms with Gasteiger partial charge in [0, 0.05) is 12.2 Å². The second-order valence-corrected chi connectivity index (χ2v) is 6.91. The number of aromatic nitrogens is 2. The Hall–Kier alpha value is -3.15. The van der Waals surface area contributed by atoms with Crippen molar-refractivity contribution in [3.05, 3.63) is 74.9 Å². The Labute approximate surface area is 163 Å². The van der Waals surface area contributed by atoms with Crippen molar-refractivity contribution in [1.29, 1.82) is 0 Å². The second kappa shape index (κ2) is 8.69. The number of unbranched alkanes of at least 4 members (excludes halogenated alkanes) is 2. The first-order valence-electron chi connectivity index (χ1n) is 9.60. The minimum atomic E-state index is -0.445. The molecule has 1 N–H and O–H groups in total. The molecule has 0 bridgehead atoms. The van der Waals surface area contributed by atoms with Crippen LogP contribution < -0.4 is 16.6 Å². The largest absolute Gasteiger partial charge is 0.331 e. The average molecular weight is 379 g/mol. The lowest BCUT2D eigenvalue weighted by Gasteiger charge is -2.14. The van der Waals surface area contributed by atoms with Crippen LogP contribution in [0.15, 0.2) is 58.1 Å². The summed E-state index contributed by atoms with van der Waals surface area (Å²) in [6, 6.07) is 14.4. The first-order chi connectivity index (χ1) is 13.5. The second-order valence-electron chi connectivity index (χ2n) is 6.91. The predicted octanol–water partition coefficient (Wildman–Crippen LogP) is 3.30. The van der Waals surface area contributed by atoms with Crippen LogP contribution in [0.5, 0.6) is 0 Å². The molecule has 0 aliphatic rings. The summed E-state index contributed by atoms with van der Waals surface area (Å²) in [5, 5.41) is 3.30. The van der Waals surface area contributed by atoms with Crippen LogP contribution in [0.1, 0.15) is 31.7 Å². The average Bonchev–Trinajstić information content (AvgIpc) is 2.69. The summed E-state index contributed by atoms with van der Waals surface area (Å²) in [6.07, 6.45) is 2.68. The van der Waals surface area contributed by atoms with Crippen molar-refractivity contribution in [3.8, 4) is 0 Å². The van der Waals surface area contributed by atoms with E-state index in [1.165, 1.54) is 9.13 Å². The third kappa shape index (κ3) is 4.06. The number of aryl methyl sites for hydroxylation is 1. The number of para-hydroxylation sites is 2. The van der Waals surface area contributed by atoms with Gasteiger partial charge in [0.2, 0.25) is 5.91 Å². The van der Waals surface area contributed by atoms with E-state index in [0.29, 0.717) is 23.1 Å². The number of nitrogens with one attached hydrogen (secondary N) is 1. The van der Waals surface area contributed by atoms with E-state index in [1.807, 2.05) is 31.2 Å². The van der Waals surface area contributed by atoms with Crippen LogP contribution in [0.25, 0.3) is 10.9 Å². The van der Waals surface area contributed by atoms with Crippen LogP contribution in [0.4, 0.5) is 5.69 Å². The summed E-state index contributed by atoms with van der Waals surface area (Å²) in [7, 11) is 0. The van der Waals surface area contributed by atoms with Crippen LogP contribution in [0.3, 0.4) is 0 Å². The van der Waals surface area contributed by atoms with Gasteiger partial charge < -0.3 is 5.32 Å². The van der Waals surface area contributed by atoms with Crippen LogP contribution in [-0.4, -0.2) is 15.0 Å². The Bertz CT molecular complexity index is 1110. The molecule has 0 aliphatic carbocycles. The van der Waals surface area contributed by atoms with E-state index < -0.39 is 5.69 Å². The highest BCUT2D eigenvalue weighted by atomic mass is 16.2. The lowest BCUT2D eigenvalue weighted by Crippen LogP contribution is -2.41. The van der Waals surface area contributed by atoms with Crippen molar-refractivity contribution in [2.45, 2.75) is 46.2 Å². The molecule has 0 atom stereocenters. The molecule has 0 saturated heterocycles. The van der Waals surface area contributed by atoms with E-state index >= 15 is 0 Å². The molecular formula is C22H25N3O3. The van der Waals surface area contributed by atoms with Crippen LogP contribution in [-0.2, 0) is 17.9 Å². The lowest BCUT2D eigenvalue weighted by molar-refractivity contribution is -0.116. The number of carbonyl (C=O) groups is 1. The van der Waals surface area contributed by atoms with Gasteiger partial charge >= 0.3 is 5.69 Å². The highest BCUT2D eigenvalue weighted by Gasteiger charge is 2.15. The molecule has 146 valence electrons. The van der Waals surface area contributed by atoms with Crippen LogP contribution in [0.2, 0.25) is 0 Å². The fourth-order valence-electron chi connectivity index (χ4n) is 3.29. The van der Waals surface area contributed by atoms with Gasteiger partial charge in [0.05, 0.1) is 10.9 Å². The van der Waals surface area contributed by atoms with Gasteiger partial charge in [-0.3, -0.25) is 18.7 Å². The highest BCUT2D eigenvalue weighted by Crippen LogP contribution is 2.14. The monoisotopic (exact) mass is 379 g/mol. The zero-order valence-corrected chi connectivity index (χ0v) is 16.3. The summed E-state index contributed by atoms with van der Waals surface area (Å²) in [5.74, 6) is -0.305. The molecule has 0 saturated carbocycles. The van der Waals surface area contributed by atoms with E-state index in [1.54, 1.807) is 24.3 Å². The Morgan fingerprint density at radius 1 is 0.964 bits per heavy atom. The van der Waals surface area contributed by atoms with Crippen LogP contribution in [0, 0.1) is 6.92 Å². The molecular weight excluding hydrogens is 354 g/mol. The van der Waals surface area contributed by atoms with E-state index in [-0.39, 0.29) is 18.0 Å². The molecule has 6 heteroatoms. The molecule has 2 aromatic carbocycles. The van der Waals surface area contributed by atoms with Gasteiger partial charge in [0.1, 0.15) is 6.54 Å². The van der Waals surface area contributed by atoms with Gasteiger partial charge in [-0.1, -0.05) is 50.1 Å². The molecule has 6 nitrogen and oxygen atoms in total. The molecule has 28 heavy (non-hydrogen) atoms. The molecule has 0 aliphatic heterocycles. The quantitative estimate of drug-likeness (QED) is 0.640. The fourth-order valence-corrected chi connectivity index (χ4v) is 3.29. The number of rotatable bonds is 7. The first-order valence-corrected chi connectivity index (χ1v) is 9.60. The maximum absolute atomic E-state index is 13.0. The molecule has 0 spiro atoms. The third-order valence-corrected chi connectivity index (χ3v) is 4.84. The minimum absolute atomic E-state index is 0.151. The van der Waals surface area contributed by atoms with Gasteiger partial charge in [-0.15, -0.1) is 0 Å². The zero-order chi connectivity index (χ0) is 20.1. The fraction of sp³-hybridized carbons (Fsp3) is 0.318. The third-order valence-electron chi connectivity index (χ3n) is 4.84. The summed E-state index contributed by atoms with van der Waals surface area (Å²) >= 11 is 0. The molecule has 0 radical (unpaired) electrons. The van der Waals surface area contributed by atoms with Gasteiger partial charge in [-0.2, -0.15) is 0 Å². The van der Waals surface area contributed by atoms with E-state index in [0.717, 1.165) is 24.8 Å². The highest BCUT2D eigenvalue weighted by molar-refractivity contribution is 5.92. The molecule has 3 aromatic rings. The number of amides is 1. The van der Waals surface area contributed by atoms with E-state index in [2.05, 4.69) is 12.2 Å². The minimum Gasteiger partial charge on any atom is -0.324 e. The summed E-state index contributed by atoms with van der Waals surface area (Å²) < 4.78 is 2.63. The van der Waals surface area contributed by atoms with Gasteiger partial charge in [0.25, 0.3) is 5.56 Å². The maximum Gasteiger partial charge on any atom is 0.331 e. The molecule has 3 rings (SSSR count). The first kappa shape index (κ1) is 19.6. The van der Waals surface area contributed by atoms with Crippen molar-refractivity contribution in [2.24, 2.45) is 0 Å². The normalized spacial score (nSPS) is 10.9. The molecule has 0 unspecified atom stereocenters. The van der Waals surface area contributed by atoms with Crippen LogP contribution >= 0.6 is 0 Å². The number of fused-ring (bicyclic) bond motifs is 1. The van der Waals surface area contributed by atoms with Crippen molar-refractivity contribution >= 4 is 22.5 Å². The van der Waals surface area contributed by atoms with Crippen molar-refractivity contribution in [2.75, 3.05) is 5.32 Å². The number of hydrogen-bond acceptors (Lipinski definition) is 3. The topological polar surface area (TPSA) is 73.1 Å². The number of anilines is 1. The standard InChI is InChI=1S/C22H25N3O3/c1-3-4-9-14-24-21(27)17-11-6-8-13-19(17)25(22(24)28)15-20(26)23-18-12-7-5-10-16(18)2/h5-8,10-13H,3-4,9,14-15H2,1-2H3,(H,23,26). The van der Waals surface area contributed by atoms with Crippen molar-refractivity contribution in [1.82, 2.24) is 9.13 Å². The van der Waals surface area contributed by atoms with E-state index in [4.69, 9.17) is 0 Å². The molecule has 0 fully saturated rings. The smallest absolute Gasteiger partial charge is 0.324 e. The van der Waals surface area contributed by atoms with Gasteiger partial charge in [-0.25, -0.2) is 4.79 Å². The summed E-state index contributed by atoms with van der Waals surface area (Å²) in [5.41, 5.74) is 1.38.